The van der Waals surface area contributed by atoms with E-state index in [1.54, 1.807) is 0 Å². The van der Waals surface area contributed by atoms with E-state index in [0.29, 0.717) is 25.7 Å². The molecule has 108 valence electrons. The second kappa shape index (κ2) is 6.72. The van der Waals surface area contributed by atoms with Crippen LogP contribution in [-0.4, -0.2) is 17.0 Å². The molecule has 0 aromatic heterocycles. The molecular formula is C14H15Br2NO3. The number of carboxylic acid groups (broad SMARTS) is 1. The average Bonchev–Trinajstić information content (AvgIpc) is 2.43. The summed E-state index contributed by atoms with van der Waals surface area (Å²) < 4.78 is 1.64. The number of benzene rings is 1. The lowest BCUT2D eigenvalue weighted by molar-refractivity contribution is -0.143. The Morgan fingerprint density at radius 3 is 2.05 bits per heavy atom. The predicted molar refractivity (Wildman–Crippen MR) is 83.6 cm³/mol. The van der Waals surface area contributed by atoms with Gasteiger partial charge in [-0.25, -0.2) is 0 Å². The van der Waals surface area contributed by atoms with Crippen LogP contribution in [0.3, 0.4) is 0 Å². The van der Waals surface area contributed by atoms with E-state index in [-0.39, 0.29) is 17.7 Å². The fourth-order valence-corrected chi connectivity index (χ4v) is 3.64. The number of nitrogens with one attached hydrogen (secondary N) is 1. The molecular weight excluding hydrogens is 390 g/mol. The molecule has 0 saturated heterocycles. The van der Waals surface area contributed by atoms with Crippen LogP contribution < -0.4 is 5.32 Å². The van der Waals surface area contributed by atoms with Gasteiger partial charge in [0, 0.05) is 14.9 Å². The van der Waals surface area contributed by atoms with Crippen LogP contribution in [0.15, 0.2) is 27.1 Å². The Hall–Kier alpha value is -0.880. The first-order chi connectivity index (χ1) is 9.49. The first-order valence-electron chi connectivity index (χ1n) is 6.46. The van der Waals surface area contributed by atoms with E-state index in [9.17, 15) is 9.59 Å². The summed E-state index contributed by atoms with van der Waals surface area (Å²) in [7, 11) is 0. The van der Waals surface area contributed by atoms with E-state index < -0.39 is 5.97 Å². The van der Waals surface area contributed by atoms with Crippen LogP contribution in [0.25, 0.3) is 0 Å². The van der Waals surface area contributed by atoms with Crippen LogP contribution in [0, 0.1) is 11.8 Å². The first-order valence-corrected chi connectivity index (χ1v) is 8.05. The topological polar surface area (TPSA) is 66.4 Å². The first kappa shape index (κ1) is 15.5. The molecule has 2 rings (SSSR count). The van der Waals surface area contributed by atoms with Crippen molar-refractivity contribution in [3.05, 3.63) is 27.1 Å². The Kier molecular flexibility index (Phi) is 5.21. The lowest BCUT2D eigenvalue weighted by Crippen LogP contribution is -2.29. The van der Waals surface area contributed by atoms with Crippen molar-refractivity contribution >= 4 is 49.4 Å². The summed E-state index contributed by atoms with van der Waals surface area (Å²) in [6, 6.07) is 5.60. The summed E-state index contributed by atoms with van der Waals surface area (Å²) in [4.78, 5) is 23.1. The van der Waals surface area contributed by atoms with Crippen molar-refractivity contribution in [1.29, 1.82) is 0 Å². The molecule has 4 nitrogen and oxygen atoms in total. The number of rotatable bonds is 3. The van der Waals surface area contributed by atoms with Crippen LogP contribution in [0.4, 0.5) is 5.69 Å². The van der Waals surface area contributed by atoms with E-state index in [2.05, 4.69) is 37.2 Å². The fourth-order valence-electron chi connectivity index (χ4n) is 2.45. The van der Waals surface area contributed by atoms with Gasteiger partial charge in [-0.15, -0.1) is 0 Å². The molecule has 1 saturated carbocycles. The number of hydrogen-bond acceptors (Lipinski definition) is 2. The van der Waals surface area contributed by atoms with Crippen molar-refractivity contribution in [2.45, 2.75) is 25.7 Å². The summed E-state index contributed by atoms with van der Waals surface area (Å²) in [6.07, 6.45) is 2.41. The molecule has 0 radical (unpaired) electrons. The van der Waals surface area contributed by atoms with Gasteiger partial charge < -0.3 is 10.4 Å². The zero-order valence-electron chi connectivity index (χ0n) is 10.7. The molecule has 0 heterocycles. The van der Waals surface area contributed by atoms with Crippen molar-refractivity contribution in [2.75, 3.05) is 5.32 Å². The highest BCUT2D eigenvalue weighted by Crippen LogP contribution is 2.33. The molecule has 1 aromatic carbocycles. The Morgan fingerprint density at radius 1 is 1.05 bits per heavy atom. The lowest BCUT2D eigenvalue weighted by atomic mass is 9.81. The highest BCUT2D eigenvalue weighted by atomic mass is 79.9. The number of hydrogen-bond donors (Lipinski definition) is 2. The monoisotopic (exact) mass is 403 g/mol. The molecule has 0 atom stereocenters. The molecule has 0 bridgehead atoms. The van der Waals surface area contributed by atoms with Crippen LogP contribution in [0.1, 0.15) is 25.7 Å². The van der Waals surface area contributed by atoms with E-state index >= 15 is 0 Å². The third kappa shape index (κ3) is 3.61. The summed E-state index contributed by atoms with van der Waals surface area (Å²) in [6.45, 7) is 0. The maximum atomic E-state index is 12.2. The Bertz CT molecular complexity index is 505. The predicted octanol–water partition coefficient (Wildman–Crippen LogP) is 4.04. The number of para-hydroxylation sites is 1. The zero-order chi connectivity index (χ0) is 14.7. The molecule has 1 aliphatic rings. The number of anilines is 1. The number of carboxylic acids is 1. The number of aliphatic carboxylic acids is 1. The molecule has 2 N–H and O–H groups in total. The normalized spacial score (nSPS) is 22.3. The number of carbonyl (C=O) groups excluding carboxylic acids is 1. The van der Waals surface area contributed by atoms with Gasteiger partial charge in [-0.1, -0.05) is 6.07 Å². The van der Waals surface area contributed by atoms with E-state index in [0.717, 1.165) is 14.6 Å². The molecule has 0 spiro atoms. The summed E-state index contributed by atoms with van der Waals surface area (Å²) in [5, 5.41) is 11.9. The second-order valence-electron chi connectivity index (χ2n) is 4.97. The number of halogens is 2. The van der Waals surface area contributed by atoms with Crippen molar-refractivity contribution < 1.29 is 14.7 Å². The second-order valence-corrected chi connectivity index (χ2v) is 6.68. The van der Waals surface area contributed by atoms with Gasteiger partial charge in [0.15, 0.2) is 0 Å². The van der Waals surface area contributed by atoms with Crippen LogP contribution in [0.5, 0.6) is 0 Å². The third-order valence-corrected chi connectivity index (χ3v) is 4.98. The molecule has 1 aromatic rings. The molecule has 1 fully saturated rings. The van der Waals surface area contributed by atoms with Gasteiger partial charge in [-0.2, -0.15) is 0 Å². The van der Waals surface area contributed by atoms with Gasteiger partial charge in [0.2, 0.25) is 5.91 Å². The van der Waals surface area contributed by atoms with Crippen LogP contribution in [0.2, 0.25) is 0 Å². The zero-order valence-corrected chi connectivity index (χ0v) is 13.9. The van der Waals surface area contributed by atoms with Gasteiger partial charge >= 0.3 is 5.97 Å². The standard InChI is InChI=1S/C14H15Br2NO3/c15-10-2-1-3-11(16)12(10)17-13(18)8-4-6-9(7-5-8)14(19)20/h1-3,8-9H,4-7H2,(H,17,18)(H,19,20). The maximum Gasteiger partial charge on any atom is 0.306 e. The Balaban J connectivity index is 1.98. The maximum absolute atomic E-state index is 12.2. The average molecular weight is 405 g/mol. The highest BCUT2D eigenvalue weighted by Gasteiger charge is 2.30. The number of amides is 1. The largest absolute Gasteiger partial charge is 0.481 e. The van der Waals surface area contributed by atoms with Crippen molar-refractivity contribution in [3.63, 3.8) is 0 Å². The van der Waals surface area contributed by atoms with E-state index in [1.165, 1.54) is 0 Å². The van der Waals surface area contributed by atoms with E-state index in [4.69, 9.17) is 5.11 Å². The summed E-state index contributed by atoms with van der Waals surface area (Å²) in [5.41, 5.74) is 0.720. The van der Waals surface area contributed by atoms with Crippen LogP contribution in [-0.2, 0) is 9.59 Å². The van der Waals surface area contributed by atoms with Gasteiger partial charge in [0.05, 0.1) is 11.6 Å². The molecule has 20 heavy (non-hydrogen) atoms. The van der Waals surface area contributed by atoms with Crippen LogP contribution >= 0.6 is 31.9 Å². The van der Waals surface area contributed by atoms with Gasteiger partial charge in [0.1, 0.15) is 0 Å². The molecule has 0 unspecified atom stereocenters. The SMILES string of the molecule is O=C(O)C1CCC(C(=O)Nc2c(Br)cccc2Br)CC1. The van der Waals surface area contributed by atoms with Crippen molar-refractivity contribution in [2.24, 2.45) is 11.8 Å². The third-order valence-electron chi connectivity index (χ3n) is 3.66. The van der Waals surface area contributed by atoms with Crippen molar-refractivity contribution in [3.8, 4) is 0 Å². The van der Waals surface area contributed by atoms with Crippen molar-refractivity contribution in [1.82, 2.24) is 0 Å². The minimum Gasteiger partial charge on any atom is -0.481 e. The molecule has 1 amide bonds. The summed E-state index contributed by atoms with van der Waals surface area (Å²) in [5.74, 6) is -1.20. The minimum atomic E-state index is -0.752. The lowest BCUT2D eigenvalue weighted by Gasteiger charge is -2.25. The molecule has 6 heteroatoms. The fraction of sp³-hybridized carbons (Fsp3) is 0.429. The van der Waals surface area contributed by atoms with Gasteiger partial charge in [-0.05, 0) is 69.7 Å². The summed E-state index contributed by atoms with van der Waals surface area (Å²) >= 11 is 6.81. The van der Waals surface area contributed by atoms with E-state index in [1.807, 2.05) is 18.2 Å². The quantitative estimate of drug-likeness (QED) is 0.798. The number of carbonyl (C=O) groups is 2. The Labute approximate surface area is 134 Å². The molecule has 1 aliphatic carbocycles. The van der Waals surface area contributed by atoms with Gasteiger partial charge in [-0.3, -0.25) is 9.59 Å². The molecule has 0 aliphatic heterocycles. The Morgan fingerprint density at radius 2 is 1.55 bits per heavy atom. The minimum absolute atomic E-state index is 0.0403. The highest BCUT2D eigenvalue weighted by molar-refractivity contribution is 9.11. The smallest absolute Gasteiger partial charge is 0.306 e. The van der Waals surface area contributed by atoms with Gasteiger partial charge in [0.25, 0.3) is 0 Å².